The van der Waals surface area contributed by atoms with Gasteiger partial charge in [-0.2, -0.15) is 4.31 Å². The first kappa shape index (κ1) is 14.9. The molecule has 3 atom stereocenters. The highest BCUT2D eigenvalue weighted by Gasteiger charge is 2.66. The van der Waals surface area contributed by atoms with Gasteiger partial charge in [0, 0.05) is 12.1 Å². The molecule has 23 heavy (non-hydrogen) atoms. The van der Waals surface area contributed by atoms with E-state index >= 15 is 0 Å². The molecule has 120 valence electrons. The molecule has 0 amide bonds. The Morgan fingerprint density at radius 3 is 2.39 bits per heavy atom. The van der Waals surface area contributed by atoms with E-state index in [9.17, 15) is 8.42 Å². The second-order valence-electron chi connectivity index (χ2n) is 6.71. The van der Waals surface area contributed by atoms with Gasteiger partial charge >= 0.3 is 0 Å². The van der Waals surface area contributed by atoms with E-state index in [0.29, 0.717) is 11.4 Å². The summed E-state index contributed by atoms with van der Waals surface area (Å²) in [6.07, 6.45) is 0.895. The van der Waals surface area contributed by atoms with Crippen molar-refractivity contribution in [2.75, 3.05) is 6.54 Å². The zero-order valence-corrected chi connectivity index (χ0v) is 13.8. The van der Waals surface area contributed by atoms with Crippen molar-refractivity contribution in [3.8, 4) is 0 Å². The number of hydrogen-bond acceptors (Lipinski definition) is 3. The van der Waals surface area contributed by atoms with Crippen molar-refractivity contribution in [1.29, 1.82) is 0 Å². The molecule has 0 bridgehead atoms. The highest BCUT2D eigenvalue weighted by molar-refractivity contribution is 7.89. The van der Waals surface area contributed by atoms with E-state index in [-0.39, 0.29) is 12.0 Å². The van der Waals surface area contributed by atoms with Crippen molar-refractivity contribution in [1.82, 2.24) is 4.31 Å². The molecule has 1 saturated heterocycles. The molecule has 2 aliphatic rings. The van der Waals surface area contributed by atoms with Crippen LogP contribution in [0.15, 0.2) is 59.5 Å². The SMILES string of the molecule is Cc1ccc(S(=O)(=O)N2C[C@H]3C[C@]3(N)[C@H]2c2ccccc2)cc1. The van der Waals surface area contributed by atoms with Crippen molar-refractivity contribution in [2.24, 2.45) is 11.7 Å². The van der Waals surface area contributed by atoms with Crippen LogP contribution in [-0.4, -0.2) is 24.8 Å². The molecule has 4 nitrogen and oxygen atoms in total. The Morgan fingerprint density at radius 2 is 1.74 bits per heavy atom. The van der Waals surface area contributed by atoms with Gasteiger partial charge < -0.3 is 5.73 Å². The normalized spacial score (nSPS) is 30.2. The summed E-state index contributed by atoms with van der Waals surface area (Å²) in [6, 6.07) is 16.5. The van der Waals surface area contributed by atoms with E-state index in [0.717, 1.165) is 17.5 Å². The Labute approximate surface area is 137 Å². The largest absolute Gasteiger partial charge is 0.323 e. The summed E-state index contributed by atoms with van der Waals surface area (Å²) >= 11 is 0. The van der Waals surface area contributed by atoms with Gasteiger partial charge in [0.25, 0.3) is 0 Å². The van der Waals surface area contributed by atoms with Crippen molar-refractivity contribution in [2.45, 2.75) is 29.8 Å². The van der Waals surface area contributed by atoms with Crippen LogP contribution in [0.25, 0.3) is 0 Å². The van der Waals surface area contributed by atoms with E-state index in [1.807, 2.05) is 49.4 Å². The quantitative estimate of drug-likeness (QED) is 0.941. The highest BCUT2D eigenvalue weighted by Crippen LogP contribution is 2.59. The second kappa shape index (κ2) is 4.90. The lowest BCUT2D eigenvalue weighted by molar-refractivity contribution is 0.333. The van der Waals surface area contributed by atoms with Crippen LogP contribution in [0, 0.1) is 12.8 Å². The molecule has 4 rings (SSSR count). The van der Waals surface area contributed by atoms with E-state index < -0.39 is 15.6 Å². The topological polar surface area (TPSA) is 63.4 Å². The summed E-state index contributed by atoms with van der Waals surface area (Å²) in [5.74, 6) is 0.257. The van der Waals surface area contributed by atoms with Crippen LogP contribution in [-0.2, 0) is 10.0 Å². The van der Waals surface area contributed by atoms with Crippen LogP contribution in [0.4, 0.5) is 0 Å². The summed E-state index contributed by atoms with van der Waals surface area (Å²) < 4.78 is 27.8. The molecule has 2 aromatic rings. The molecule has 2 N–H and O–H groups in total. The zero-order valence-electron chi connectivity index (χ0n) is 13.0. The summed E-state index contributed by atoms with van der Waals surface area (Å²) in [5, 5.41) is 0. The molecule has 2 aromatic carbocycles. The smallest absolute Gasteiger partial charge is 0.243 e. The van der Waals surface area contributed by atoms with Gasteiger partial charge in [-0.1, -0.05) is 48.0 Å². The van der Waals surface area contributed by atoms with Crippen molar-refractivity contribution >= 4 is 10.0 Å². The minimum Gasteiger partial charge on any atom is -0.323 e. The Hall–Kier alpha value is -1.69. The highest BCUT2D eigenvalue weighted by atomic mass is 32.2. The lowest BCUT2D eigenvalue weighted by atomic mass is 9.99. The van der Waals surface area contributed by atoms with Crippen LogP contribution in [0.2, 0.25) is 0 Å². The van der Waals surface area contributed by atoms with Gasteiger partial charge in [-0.05, 0) is 37.0 Å². The third kappa shape index (κ3) is 2.23. The van der Waals surface area contributed by atoms with Crippen LogP contribution in [0.1, 0.15) is 23.6 Å². The predicted octanol–water partition coefficient (Wildman–Crippen LogP) is 2.46. The van der Waals surface area contributed by atoms with E-state index in [1.165, 1.54) is 0 Å². The summed E-state index contributed by atoms with van der Waals surface area (Å²) in [4.78, 5) is 0.342. The molecule has 5 heteroatoms. The molecule has 1 aliphatic carbocycles. The lowest BCUT2D eigenvalue weighted by Gasteiger charge is -2.30. The number of rotatable bonds is 3. The Bertz CT molecular complexity index is 833. The molecule has 1 saturated carbocycles. The number of benzene rings is 2. The summed E-state index contributed by atoms with van der Waals surface area (Å²) in [6.45, 7) is 2.45. The van der Waals surface area contributed by atoms with Crippen molar-refractivity contribution < 1.29 is 8.42 Å². The molecular formula is C18H20N2O2S. The second-order valence-corrected chi connectivity index (χ2v) is 8.60. The van der Waals surface area contributed by atoms with Crippen LogP contribution in [0.3, 0.4) is 0 Å². The van der Waals surface area contributed by atoms with Crippen LogP contribution < -0.4 is 5.73 Å². The number of nitrogens with two attached hydrogens (primary N) is 1. The van der Waals surface area contributed by atoms with Crippen molar-refractivity contribution in [3.63, 3.8) is 0 Å². The molecule has 1 heterocycles. The molecular weight excluding hydrogens is 308 g/mol. The number of aryl methyl sites for hydroxylation is 1. The van der Waals surface area contributed by atoms with E-state index in [4.69, 9.17) is 5.73 Å². The molecule has 0 radical (unpaired) electrons. The van der Waals surface area contributed by atoms with Gasteiger partial charge in [0.05, 0.1) is 10.9 Å². The van der Waals surface area contributed by atoms with Gasteiger partial charge in [0.1, 0.15) is 0 Å². The van der Waals surface area contributed by atoms with E-state index in [1.54, 1.807) is 16.4 Å². The fourth-order valence-electron chi connectivity index (χ4n) is 3.72. The standard InChI is InChI=1S/C18H20N2O2S/c1-13-7-9-16(10-8-13)23(21,22)20-12-15-11-18(15,19)17(20)14-5-3-2-4-6-14/h2-10,15,17H,11-12,19H2,1H3/t15-,17-,18-/m1/s1. The third-order valence-electron chi connectivity index (χ3n) is 5.14. The summed E-state index contributed by atoms with van der Waals surface area (Å²) in [7, 11) is -3.54. The zero-order chi connectivity index (χ0) is 16.2. The fourth-order valence-corrected chi connectivity index (χ4v) is 5.44. The molecule has 1 aliphatic heterocycles. The van der Waals surface area contributed by atoms with E-state index in [2.05, 4.69) is 0 Å². The lowest BCUT2D eigenvalue weighted by Crippen LogP contribution is -2.40. The van der Waals surface area contributed by atoms with Gasteiger partial charge in [-0.25, -0.2) is 8.42 Å². The van der Waals surface area contributed by atoms with Gasteiger partial charge in [-0.3, -0.25) is 0 Å². The van der Waals surface area contributed by atoms with Crippen molar-refractivity contribution in [3.05, 3.63) is 65.7 Å². The number of sulfonamides is 1. The maximum Gasteiger partial charge on any atom is 0.243 e. The minimum atomic E-state index is -3.54. The van der Waals surface area contributed by atoms with Crippen LogP contribution >= 0.6 is 0 Å². The number of fused-ring (bicyclic) bond motifs is 1. The first-order chi connectivity index (χ1) is 10.9. The molecule has 0 unspecified atom stereocenters. The first-order valence-electron chi connectivity index (χ1n) is 7.85. The van der Waals surface area contributed by atoms with Gasteiger partial charge in [0.2, 0.25) is 10.0 Å². The third-order valence-corrected chi connectivity index (χ3v) is 6.99. The number of piperidine rings is 1. The van der Waals surface area contributed by atoms with Gasteiger partial charge in [-0.15, -0.1) is 0 Å². The fraction of sp³-hybridized carbons (Fsp3) is 0.333. The molecule has 0 spiro atoms. The Morgan fingerprint density at radius 1 is 1.09 bits per heavy atom. The molecule has 0 aromatic heterocycles. The minimum absolute atomic E-state index is 0.257. The Balaban J connectivity index is 1.77. The number of hydrogen-bond donors (Lipinski definition) is 1. The molecule has 2 fully saturated rings. The Kier molecular flexibility index (Phi) is 3.17. The van der Waals surface area contributed by atoms with Crippen LogP contribution in [0.5, 0.6) is 0 Å². The number of nitrogens with zero attached hydrogens (tertiary/aromatic N) is 1. The summed E-state index contributed by atoms with van der Waals surface area (Å²) in [5.41, 5.74) is 8.12. The maximum absolute atomic E-state index is 13.1. The maximum atomic E-state index is 13.1. The first-order valence-corrected chi connectivity index (χ1v) is 9.29. The van der Waals surface area contributed by atoms with Gasteiger partial charge in [0.15, 0.2) is 0 Å². The average molecular weight is 328 g/mol. The average Bonchev–Trinajstić information content (AvgIpc) is 3.09. The predicted molar refractivity (Wildman–Crippen MR) is 89.3 cm³/mol. The monoisotopic (exact) mass is 328 g/mol.